The van der Waals surface area contributed by atoms with Gasteiger partial charge in [0.2, 0.25) is 0 Å². The zero-order valence-electron chi connectivity index (χ0n) is 22.6. The van der Waals surface area contributed by atoms with E-state index in [1.54, 1.807) is 0 Å². The lowest BCUT2D eigenvalue weighted by atomic mass is 9.77. The SMILES string of the molecule is Cc1cn([C@@H]2O[C@H](COC3(c4ccccc4)c4ccccc4Oc4ccccc43)C(O)C2O)c(=O)n(OP(O)(O)=S)c1=O. The van der Waals surface area contributed by atoms with Gasteiger partial charge in [0.1, 0.15) is 29.8 Å². The largest absolute Gasteiger partial charge is 0.457 e. The number of para-hydroxylation sites is 2. The number of hydrogen-bond donors (Lipinski definition) is 4. The molecule has 1 saturated heterocycles. The van der Waals surface area contributed by atoms with Crippen molar-refractivity contribution in [1.29, 1.82) is 0 Å². The van der Waals surface area contributed by atoms with E-state index in [4.69, 9.17) is 14.2 Å². The molecule has 4 N–H and O–H groups in total. The van der Waals surface area contributed by atoms with Gasteiger partial charge in [-0.15, -0.1) is 0 Å². The first-order valence-electron chi connectivity index (χ1n) is 13.2. The van der Waals surface area contributed by atoms with Gasteiger partial charge in [-0.3, -0.25) is 9.36 Å². The quantitative estimate of drug-likeness (QED) is 0.221. The topological polar surface area (TPSA) is 162 Å². The van der Waals surface area contributed by atoms with Crippen molar-refractivity contribution >= 4 is 18.5 Å². The van der Waals surface area contributed by atoms with E-state index in [-0.39, 0.29) is 16.9 Å². The van der Waals surface area contributed by atoms with E-state index >= 15 is 0 Å². The maximum atomic E-state index is 13.1. The smallest absolute Gasteiger partial charge is 0.395 e. The highest BCUT2D eigenvalue weighted by atomic mass is 32.5. The van der Waals surface area contributed by atoms with Crippen LogP contribution in [0.15, 0.2) is 94.6 Å². The zero-order valence-corrected chi connectivity index (χ0v) is 24.3. The van der Waals surface area contributed by atoms with Crippen LogP contribution in [-0.4, -0.2) is 54.2 Å². The molecule has 2 unspecified atom stereocenters. The van der Waals surface area contributed by atoms with E-state index in [1.165, 1.54) is 6.92 Å². The molecule has 0 radical (unpaired) electrons. The number of fused-ring (bicyclic) bond motifs is 2. The summed E-state index contributed by atoms with van der Waals surface area (Å²) in [5, 5.41) is 22.0. The highest BCUT2D eigenvalue weighted by molar-refractivity contribution is 8.06. The molecule has 0 saturated carbocycles. The average Bonchev–Trinajstić information content (AvgIpc) is 3.28. The predicted octanol–water partition coefficient (Wildman–Crippen LogP) is 1.69. The third-order valence-corrected chi connectivity index (χ3v) is 8.02. The molecule has 4 aromatic rings. The molecule has 2 aliphatic heterocycles. The molecule has 2 aliphatic rings. The summed E-state index contributed by atoms with van der Waals surface area (Å²) in [6, 6.07) is 24.3. The molecule has 1 fully saturated rings. The molecule has 43 heavy (non-hydrogen) atoms. The fourth-order valence-electron chi connectivity index (χ4n) is 5.51. The Balaban J connectivity index is 1.39. The summed E-state index contributed by atoms with van der Waals surface area (Å²) in [7, 11) is 0. The third-order valence-electron chi connectivity index (χ3n) is 7.45. The van der Waals surface area contributed by atoms with Gasteiger partial charge in [0.05, 0.1) is 6.61 Å². The summed E-state index contributed by atoms with van der Waals surface area (Å²) in [5.74, 6) is 1.15. The van der Waals surface area contributed by atoms with Crippen LogP contribution < -0.4 is 20.6 Å². The second kappa shape index (κ2) is 11.1. The van der Waals surface area contributed by atoms with E-state index in [2.05, 4.69) is 16.4 Å². The summed E-state index contributed by atoms with van der Waals surface area (Å²) >= 11 is 4.42. The number of aryl methyl sites for hydroxylation is 1. The highest BCUT2D eigenvalue weighted by Gasteiger charge is 2.49. The van der Waals surface area contributed by atoms with Crippen LogP contribution >= 0.6 is 6.72 Å². The van der Waals surface area contributed by atoms with E-state index < -0.39 is 48.1 Å². The van der Waals surface area contributed by atoms with Crippen molar-refractivity contribution in [2.45, 2.75) is 37.1 Å². The van der Waals surface area contributed by atoms with Crippen LogP contribution in [0.25, 0.3) is 0 Å². The van der Waals surface area contributed by atoms with Gasteiger partial charge in [0.15, 0.2) is 11.8 Å². The monoisotopic (exact) mass is 626 g/mol. The summed E-state index contributed by atoms with van der Waals surface area (Å²) < 4.78 is 24.5. The lowest BCUT2D eigenvalue weighted by Crippen LogP contribution is -2.46. The van der Waals surface area contributed by atoms with E-state index in [0.717, 1.165) is 16.3 Å². The summed E-state index contributed by atoms with van der Waals surface area (Å²) in [6.07, 6.45) is -4.66. The molecule has 3 heterocycles. The molecule has 14 heteroatoms. The minimum Gasteiger partial charge on any atom is -0.457 e. The van der Waals surface area contributed by atoms with Gasteiger partial charge >= 0.3 is 12.4 Å². The Labute approximate surface area is 249 Å². The highest BCUT2D eigenvalue weighted by Crippen LogP contribution is 2.52. The van der Waals surface area contributed by atoms with E-state index in [0.29, 0.717) is 22.6 Å². The standard InChI is InChI=1S/C29H27N2O10PS/c1-17-15-30(28(35)31(26(17)34)41-42(36,37)43)27-25(33)24(32)23(40-27)16-38-29(18-9-3-2-4-10-18)19-11-5-7-13-21(19)39-22-14-8-6-12-20(22)29/h2-15,23-25,27,32-33H,16H2,1H3,(H2,36,37,43)/t23-,24?,25?,27-/m1/s1. The number of hydrogen-bond acceptors (Lipinski definition) is 9. The van der Waals surface area contributed by atoms with Gasteiger partial charge in [-0.2, -0.15) is 0 Å². The van der Waals surface area contributed by atoms with E-state index in [1.807, 2.05) is 78.9 Å². The van der Waals surface area contributed by atoms with Crippen LogP contribution in [0.1, 0.15) is 28.5 Å². The van der Waals surface area contributed by atoms with Gasteiger partial charge in [-0.05, 0) is 24.6 Å². The molecule has 4 atom stereocenters. The Hall–Kier alpha value is -3.65. The maximum Gasteiger partial charge on any atom is 0.395 e. The Morgan fingerprint density at radius 1 is 0.907 bits per heavy atom. The molecule has 224 valence electrons. The van der Waals surface area contributed by atoms with Crippen molar-refractivity contribution in [2.24, 2.45) is 0 Å². The lowest BCUT2D eigenvalue weighted by Gasteiger charge is -2.41. The summed E-state index contributed by atoms with van der Waals surface area (Å²) in [4.78, 5) is 44.7. The van der Waals surface area contributed by atoms with Gasteiger partial charge in [-0.25, -0.2) is 4.79 Å². The number of aromatic nitrogens is 2. The molecule has 3 aromatic carbocycles. The molecule has 12 nitrogen and oxygen atoms in total. The Kier molecular flexibility index (Phi) is 7.61. The Bertz CT molecular complexity index is 1790. The number of ether oxygens (including phenoxy) is 3. The van der Waals surface area contributed by atoms with Crippen molar-refractivity contribution in [1.82, 2.24) is 9.30 Å². The minimum atomic E-state index is -4.47. The minimum absolute atomic E-state index is 0.0495. The molecule has 0 aliphatic carbocycles. The van der Waals surface area contributed by atoms with Crippen molar-refractivity contribution in [2.75, 3.05) is 6.61 Å². The number of rotatable bonds is 7. The molecule has 0 bridgehead atoms. The second-order valence-corrected chi connectivity index (χ2v) is 12.7. The van der Waals surface area contributed by atoms with Gasteiger partial charge in [0, 0.05) is 34.7 Å². The molecule has 0 amide bonds. The fraction of sp³-hybridized carbons (Fsp3) is 0.241. The number of benzene rings is 3. The average molecular weight is 627 g/mol. The molecular formula is C29H27N2O10PS. The number of nitrogens with zero attached hydrogens (tertiary/aromatic N) is 2. The van der Waals surface area contributed by atoms with Gasteiger partial charge in [-0.1, -0.05) is 71.5 Å². The number of aliphatic hydroxyl groups is 2. The van der Waals surface area contributed by atoms with E-state index in [9.17, 15) is 29.6 Å². The summed E-state index contributed by atoms with van der Waals surface area (Å²) in [6.45, 7) is -3.37. The lowest BCUT2D eigenvalue weighted by molar-refractivity contribution is -0.0981. The van der Waals surface area contributed by atoms with Gasteiger partial charge < -0.3 is 38.8 Å². The van der Waals surface area contributed by atoms with Gasteiger partial charge in [0.25, 0.3) is 5.56 Å². The van der Waals surface area contributed by atoms with Crippen molar-refractivity contribution in [3.63, 3.8) is 0 Å². The molecular weight excluding hydrogens is 599 g/mol. The zero-order chi connectivity index (χ0) is 30.5. The summed E-state index contributed by atoms with van der Waals surface area (Å²) in [5.41, 5.74) is -1.22. The third kappa shape index (κ3) is 5.13. The van der Waals surface area contributed by atoms with Crippen LogP contribution in [0.3, 0.4) is 0 Å². The van der Waals surface area contributed by atoms with Crippen LogP contribution in [0.2, 0.25) is 0 Å². The fourth-order valence-corrected chi connectivity index (χ4v) is 6.07. The van der Waals surface area contributed by atoms with Crippen LogP contribution in [0.5, 0.6) is 11.5 Å². The first-order chi connectivity index (χ1) is 20.5. The second-order valence-electron chi connectivity index (χ2n) is 10.2. The van der Waals surface area contributed by atoms with Crippen molar-refractivity contribution < 1.29 is 38.8 Å². The van der Waals surface area contributed by atoms with Crippen LogP contribution in [-0.2, 0) is 26.9 Å². The first-order valence-corrected chi connectivity index (χ1v) is 15.8. The Morgan fingerprint density at radius 2 is 1.49 bits per heavy atom. The van der Waals surface area contributed by atoms with Crippen LogP contribution in [0.4, 0.5) is 0 Å². The normalized spacial score (nSPS) is 22.3. The Morgan fingerprint density at radius 3 is 2.09 bits per heavy atom. The number of aliphatic hydroxyl groups excluding tert-OH is 2. The first kappa shape index (κ1) is 29.4. The van der Waals surface area contributed by atoms with Crippen molar-refractivity contribution in [3.05, 3.63) is 128 Å². The van der Waals surface area contributed by atoms with Crippen molar-refractivity contribution in [3.8, 4) is 11.5 Å². The maximum absolute atomic E-state index is 13.1. The molecule has 0 spiro atoms. The predicted molar refractivity (Wildman–Crippen MR) is 156 cm³/mol. The van der Waals surface area contributed by atoms with Crippen LogP contribution in [0, 0.1) is 6.92 Å². The molecule has 1 aromatic heterocycles. The molecule has 6 rings (SSSR count).